The molecule has 0 aliphatic carbocycles. The molecule has 0 fully saturated rings. The van der Waals surface area contributed by atoms with Crippen molar-refractivity contribution in [2.75, 3.05) is 0 Å². The summed E-state index contributed by atoms with van der Waals surface area (Å²) in [4.78, 5) is 34.8. The van der Waals surface area contributed by atoms with E-state index in [9.17, 15) is 19.7 Å². The smallest absolute Gasteiger partial charge is 0.338 e. The Labute approximate surface area is 163 Å². The van der Waals surface area contributed by atoms with Gasteiger partial charge in [-0.15, -0.1) is 0 Å². The zero-order valence-electron chi connectivity index (χ0n) is 16.2. The molecule has 1 N–H and O–H groups in total. The van der Waals surface area contributed by atoms with Gasteiger partial charge in [-0.3, -0.25) is 14.9 Å². The minimum absolute atomic E-state index is 0.0736. The molecule has 1 amide bonds. The summed E-state index contributed by atoms with van der Waals surface area (Å²) < 4.78 is 5.20. The Balaban J connectivity index is 1.86. The standard InChI is InChI=1S/C21H24N2O5/c1-14-13-18(11-12-19(14)23(26)27)21(25)28-16(3)20(24)22-15(2)9-10-17-7-5-4-6-8-17/h4-8,11-13,15-16H,9-10H2,1-3H3,(H,22,24)/t15-,16+/m0/s1. The maximum atomic E-state index is 12.3. The van der Waals surface area contributed by atoms with E-state index in [-0.39, 0.29) is 23.2 Å². The lowest BCUT2D eigenvalue weighted by Gasteiger charge is -2.18. The molecule has 2 atom stereocenters. The van der Waals surface area contributed by atoms with Crippen LogP contribution in [-0.2, 0) is 16.0 Å². The second-order valence-electron chi connectivity index (χ2n) is 6.74. The molecular weight excluding hydrogens is 360 g/mol. The van der Waals surface area contributed by atoms with Crippen LogP contribution in [0, 0.1) is 17.0 Å². The molecule has 0 saturated heterocycles. The van der Waals surface area contributed by atoms with E-state index in [1.807, 2.05) is 37.3 Å². The third-order valence-electron chi connectivity index (χ3n) is 4.38. The number of carbonyl (C=O) groups is 2. The molecule has 0 spiro atoms. The predicted molar refractivity (Wildman–Crippen MR) is 105 cm³/mol. The number of rotatable bonds is 8. The predicted octanol–water partition coefficient (Wildman–Crippen LogP) is 3.59. The molecule has 0 unspecified atom stereocenters. The van der Waals surface area contributed by atoms with Gasteiger partial charge in [-0.1, -0.05) is 30.3 Å². The van der Waals surface area contributed by atoms with Gasteiger partial charge in [0.15, 0.2) is 6.10 Å². The van der Waals surface area contributed by atoms with Gasteiger partial charge in [-0.05, 0) is 51.3 Å². The summed E-state index contributed by atoms with van der Waals surface area (Å²) in [5.41, 5.74) is 1.64. The van der Waals surface area contributed by atoms with E-state index >= 15 is 0 Å². The quantitative estimate of drug-likeness (QED) is 0.426. The van der Waals surface area contributed by atoms with Crippen LogP contribution in [-0.4, -0.2) is 28.9 Å². The Morgan fingerprint density at radius 3 is 2.43 bits per heavy atom. The normalized spacial score (nSPS) is 12.7. The molecule has 148 valence electrons. The number of benzene rings is 2. The molecule has 0 heterocycles. The van der Waals surface area contributed by atoms with E-state index in [0.717, 1.165) is 12.8 Å². The number of nitrogens with one attached hydrogen (secondary N) is 1. The van der Waals surface area contributed by atoms with Crippen LogP contribution in [0.25, 0.3) is 0 Å². The molecular formula is C21H24N2O5. The van der Waals surface area contributed by atoms with Gasteiger partial charge in [-0.2, -0.15) is 0 Å². The van der Waals surface area contributed by atoms with Crippen molar-refractivity contribution in [2.45, 2.75) is 45.8 Å². The molecule has 0 bridgehead atoms. The summed E-state index contributed by atoms with van der Waals surface area (Å²) in [5.74, 6) is -1.08. The van der Waals surface area contributed by atoms with E-state index in [1.54, 1.807) is 6.92 Å². The average Bonchev–Trinajstić information content (AvgIpc) is 2.66. The number of ether oxygens (including phenoxy) is 1. The zero-order chi connectivity index (χ0) is 20.7. The number of aryl methyl sites for hydroxylation is 2. The van der Waals surface area contributed by atoms with Crippen molar-refractivity contribution >= 4 is 17.6 Å². The van der Waals surface area contributed by atoms with Gasteiger partial charge >= 0.3 is 5.97 Å². The highest BCUT2D eigenvalue weighted by molar-refractivity contribution is 5.92. The number of nitro benzene ring substituents is 1. The molecule has 2 aromatic carbocycles. The first-order chi connectivity index (χ1) is 13.3. The number of amides is 1. The van der Waals surface area contributed by atoms with Crippen molar-refractivity contribution in [3.63, 3.8) is 0 Å². The maximum absolute atomic E-state index is 12.3. The molecule has 7 nitrogen and oxygen atoms in total. The fraction of sp³-hybridized carbons (Fsp3) is 0.333. The van der Waals surface area contributed by atoms with E-state index in [0.29, 0.717) is 5.56 Å². The van der Waals surface area contributed by atoms with Crippen LogP contribution >= 0.6 is 0 Å². The monoisotopic (exact) mass is 384 g/mol. The average molecular weight is 384 g/mol. The van der Waals surface area contributed by atoms with E-state index in [1.165, 1.54) is 30.7 Å². The summed E-state index contributed by atoms with van der Waals surface area (Å²) in [6.45, 7) is 4.93. The second-order valence-corrected chi connectivity index (χ2v) is 6.74. The summed E-state index contributed by atoms with van der Waals surface area (Å²) in [6, 6.07) is 13.8. The number of nitrogens with zero attached hydrogens (tertiary/aromatic N) is 1. The van der Waals surface area contributed by atoms with Crippen LogP contribution in [0.4, 0.5) is 5.69 Å². The molecule has 0 aliphatic rings. The van der Waals surface area contributed by atoms with Crippen molar-refractivity contribution < 1.29 is 19.2 Å². The lowest BCUT2D eigenvalue weighted by molar-refractivity contribution is -0.385. The highest BCUT2D eigenvalue weighted by Gasteiger charge is 2.21. The second kappa shape index (κ2) is 9.64. The highest BCUT2D eigenvalue weighted by Crippen LogP contribution is 2.19. The molecule has 0 saturated carbocycles. The van der Waals surface area contributed by atoms with Gasteiger partial charge in [-0.25, -0.2) is 4.79 Å². The molecule has 7 heteroatoms. The van der Waals surface area contributed by atoms with Crippen molar-refractivity contribution in [3.8, 4) is 0 Å². The summed E-state index contributed by atoms with van der Waals surface area (Å²) in [7, 11) is 0. The molecule has 2 rings (SSSR count). The number of hydrogen-bond acceptors (Lipinski definition) is 5. The largest absolute Gasteiger partial charge is 0.449 e. The first kappa shape index (κ1) is 21.1. The maximum Gasteiger partial charge on any atom is 0.338 e. The van der Waals surface area contributed by atoms with Gasteiger partial charge in [0.05, 0.1) is 10.5 Å². The molecule has 28 heavy (non-hydrogen) atoms. The zero-order valence-corrected chi connectivity index (χ0v) is 16.2. The van der Waals surface area contributed by atoms with Crippen molar-refractivity contribution in [1.29, 1.82) is 0 Å². The third kappa shape index (κ3) is 5.90. The molecule has 2 aromatic rings. The topological polar surface area (TPSA) is 98.5 Å². The van der Waals surface area contributed by atoms with Gasteiger partial charge in [0.25, 0.3) is 11.6 Å². The van der Waals surface area contributed by atoms with Gasteiger partial charge in [0.1, 0.15) is 0 Å². The minimum Gasteiger partial charge on any atom is -0.449 e. The van der Waals surface area contributed by atoms with Crippen LogP contribution in [0.1, 0.15) is 41.8 Å². The van der Waals surface area contributed by atoms with Crippen molar-refractivity contribution in [1.82, 2.24) is 5.32 Å². The number of hydrogen-bond donors (Lipinski definition) is 1. The Morgan fingerprint density at radius 2 is 1.82 bits per heavy atom. The fourth-order valence-corrected chi connectivity index (χ4v) is 2.73. The lowest BCUT2D eigenvalue weighted by atomic mass is 10.1. The lowest BCUT2D eigenvalue weighted by Crippen LogP contribution is -2.41. The van der Waals surface area contributed by atoms with Crippen LogP contribution in [0.15, 0.2) is 48.5 Å². The van der Waals surface area contributed by atoms with E-state index in [2.05, 4.69) is 5.32 Å². The number of nitro groups is 1. The summed E-state index contributed by atoms with van der Waals surface area (Å²) in [6.07, 6.45) is 0.624. The van der Waals surface area contributed by atoms with Crippen molar-refractivity contribution in [2.24, 2.45) is 0 Å². The molecule has 0 aromatic heterocycles. The van der Waals surface area contributed by atoms with E-state index < -0.39 is 17.0 Å². The first-order valence-electron chi connectivity index (χ1n) is 9.08. The van der Waals surface area contributed by atoms with Crippen LogP contribution in [0.2, 0.25) is 0 Å². The molecule has 0 radical (unpaired) electrons. The Bertz CT molecular complexity index is 851. The van der Waals surface area contributed by atoms with Crippen molar-refractivity contribution in [3.05, 3.63) is 75.3 Å². The third-order valence-corrected chi connectivity index (χ3v) is 4.38. The molecule has 0 aliphatic heterocycles. The number of carbonyl (C=O) groups excluding carboxylic acids is 2. The van der Waals surface area contributed by atoms with Crippen LogP contribution < -0.4 is 5.32 Å². The fourth-order valence-electron chi connectivity index (χ4n) is 2.73. The summed E-state index contributed by atoms with van der Waals surface area (Å²) in [5, 5.41) is 13.7. The first-order valence-corrected chi connectivity index (χ1v) is 9.08. The van der Waals surface area contributed by atoms with Gasteiger partial charge in [0.2, 0.25) is 0 Å². The SMILES string of the molecule is Cc1cc(C(=O)O[C@H](C)C(=O)N[C@@H](C)CCc2ccccc2)ccc1[N+](=O)[O-]. The van der Waals surface area contributed by atoms with Gasteiger partial charge in [0, 0.05) is 17.7 Å². The number of esters is 1. The summed E-state index contributed by atoms with van der Waals surface area (Å²) >= 11 is 0. The highest BCUT2D eigenvalue weighted by atomic mass is 16.6. The Morgan fingerprint density at radius 1 is 1.14 bits per heavy atom. The Hall–Kier alpha value is -3.22. The van der Waals surface area contributed by atoms with E-state index in [4.69, 9.17) is 4.74 Å². The minimum atomic E-state index is -0.970. The Kier molecular flexibility index (Phi) is 7.26. The van der Waals surface area contributed by atoms with Crippen LogP contribution in [0.5, 0.6) is 0 Å². The van der Waals surface area contributed by atoms with Gasteiger partial charge < -0.3 is 10.1 Å². The van der Waals surface area contributed by atoms with Crippen LogP contribution in [0.3, 0.4) is 0 Å².